The Hall–Kier alpha value is -3.65. The molecule has 0 radical (unpaired) electrons. The van der Waals surface area contributed by atoms with Crippen LogP contribution in [0.2, 0.25) is 0 Å². The molecule has 3 N–H and O–H groups in total. The molecule has 1 aromatic heterocycles. The van der Waals surface area contributed by atoms with Crippen molar-refractivity contribution in [3.63, 3.8) is 0 Å². The van der Waals surface area contributed by atoms with Gasteiger partial charge in [-0.2, -0.15) is 28.6 Å². The van der Waals surface area contributed by atoms with Gasteiger partial charge in [0.2, 0.25) is 5.91 Å². The van der Waals surface area contributed by atoms with E-state index in [0.717, 1.165) is 11.1 Å². The standard InChI is InChI=1S/C19H18F6N6O3/c1-8-10(16(32)27-9-4-11(20)15(22)12(21)5-9)2-3-31(8)18(34)17(33)28-13(6-19(23,24)25)14-7-26-30-29-14/h4-5,7-8,10,13H,2-3,6H2,1H3,(H,27,32)(H,28,33)(H,26,29,30)/t8-,10-,13?/m0/s1. The number of H-pyrrole nitrogens is 1. The van der Waals surface area contributed by atoms with Crippen LogP contribution in [0.4, 0.5) is 32.0 Å². The predicted molar refractivity (Wildman–Crippen MR) is 102 cm³/mol. The molecule has 0 saturated carbocycles. The Morgan fingerprint density at radius 1 is 1.21 bits per heavy atom. The zero-order valence-corrected chi connectivity index (χ0v) is 17.4. The molecule has 1 aromatic carbocycles. The Morgan fingerprint density at radius 2 is 1.85 bits per heavy atom. The summed E-state index contributed by atoms with van der Waals surface area (Å²) < 4.78 is 78.5. The van der Waals surface area contributed by atoms with Gasteiger partial charge in [0.1, 0.15) is 5.69 Å². The molecule has 34 heavy (non-hydrogen) atoms. The van der Waals surface area contributed by atoms with Gasteiger partial charge in [-0.25, -0.2) is 13.2 Å². The molecule has 1 unspecified atom stereocenters. The second kappa shape index (κ2) is 9.69. The zero-order valence-electron chi connectivity index (χ0n) is 17.4. The van der Waals surface area contributed by atoms with E-state index in [1.165, 1.54) is 6.92 Å². The molecule has 3 rings (SSSR count). The third-order valence-corrected chi connectivity index (χ3v) is 5.33. The minimum atomic E-state index is -4.68. The number of nitrogens with zero attached hydrogens (tertiary/aromatic N) is 3. The van der Waals surface area contributed by atoms with Crippen molar-refractivity contribution in [2.75, 3.05) is 11.9 Å². The van der Waals surface area contributed by atoms with Crippen molar-refractivity contribution in [3.8, 4) is 0 Å². The van der Waals surface area contributed by atoms with Gasteiger partial charge in [-0.15, -0.1) is 0 Å². The first-order valence-electron chi connectivity index (χ1n) is 9.86. The summed E-state index contributed by atoms with van der Waals surface area (Å²) in [6.07, 6.45) is -5.14. The first kappa shape index (κ1) is 25.0. The Morgan fingerprint density at radius 3 is 2.41 bits per heavy atom. The minimum absolute atomic E-state index is 0.0629. The highest BCUT2D eigenvalue weighted by Gasteiger charge is 2.41. The molecular formula is C19H18F6N6O3. The SMILES string of the molecule is C[C@H]1[C@@H](C(=O)Nc2cc(F)c(F)c(F)c2)CCN1C(=O)C(=O)NC(CC(F)(F)F)c1cn[nH]n1. The van der Waals surface area contributed by atoms with E-state index >= 15 is 0 Å². The number of aromatic nitrogens is 3. The fraction of sp³-hybridized carbons (Fsp3) is 0.421. The summed E-state index contributed by atoms with van der Waals surface area (Å²) in [5.74, 6) is -8.89. The minimum Gasteiger partial charge on any atom is -0.339 e. The van der Waals surface area contributed by atoms with Crippen molar-refractivity contribution >= 4 is 23.4 Å². The highest BCUT2D eigenvalue weighted by Crippen LogP contribution is 2.29. The van der Waals surface area contributed by atoms with Crippen LogP contribution >= 0.6 is 0 Å². The van der Waals surface area contributed by atoms with E-state index in [9.17, 15) is 40.7 Å². The Kier molecular flexibility index (Phi) is 7.12. The third-order valence-electron chi connectivity index (χ3n) is 5.33. The van der Waals surface area contributed by atoms with Gasteiger partial charge in [0, 0.05) is 30.4 Å². The first-order chi connectivity index (χ1) is 15.9. The molecule has 2 aromatic rings. The molecule has 3 amide bonds. The maximum Gasteiger partial charge on any atom is 0.391 e. The van der Waals surface area contributed by atoms with Gasteiger partial charge in [0.05, 0.1) is 24.6 Å². The summed E-state index contributed by atoms with van der Waals surface area (Å²) >= 11 is 0. The number of rotatable bonds is 5. The molecule has 2 heterocycles. The average Bonchev–Trinajstić information content (AvgIpc) is 3.40. The molecule has 1 aliphatic rings. The van der Waals surface area contributed by atoms with Crippen LogP contribution in [-0.4, -0.2) is 56.8 Å². The molecule has 0 aliphatic carbocycles. The number of likely N-dealkylation sites (tertiary alicyclic amines) is 1. The van der Waals surface area contributed by atoms with E-state index in [4.69, 9.17) is 0 Å². The van der Waals surface area contributed by atoms with Crippen LogP contribution < -0.4 is 10.6 Å². The van der Waals surface area contributed by atoms with Crippen molar-refractivity contribution in [2.45, 2.75) is 38.0 Å². The lowest BCUT2D eigenvalue weighted by Gasteiger charge is -2.25. The maximum absolute atomic E-state index is 13.4. The summed E-state index contributed by atoms with van der Waals surface area (Å²) in [7, 11) is 0. The van der Waals surface area contributed by atoms with Crippen LogP contribution in [0.25, 0.3) is 0 Å². The van der Waals surface area contributed by atoms with Crippen molar-refractivity contribution in [2.24, 2.45) is 5.92 Å². The highest BCUT2D eigenvalue weighted by molar-refractivity contribution is 6.35. The summed E-state index contributed by atoms with van der Waals surface area (Å²) in [6.45, 7) is 1.35. The van der Waals surface area contributed by atoms with Gasteiger partial charge in [-0.1, -0.05) is 0 Å². The Balaban J connectivity index is 1.65. The number of amides is 3. The molecular weight excluding hydrogens is 474 g/mol. The quantitative estimate of drug-likeness (QED) is 0.336. The number of alkyl halides is 3. The fourth-order valence-electron chi connectivity index (χ4n) is 3.63. The summed E-state index contributed by atoms with van der Waals surface area (Å²) in [6, 6.07) is -1.38. The number of aromatic amines is 1. The largest absolute Gasteiger partial charge is 0.391 e. The molecule has 9 nitrogen and oxygen atoms in total. The summed E-state index contributed by atoms with van der Waals surface area (Å²) in [5.41, 5.74) is -0.581. The molecule has 0 bridgehead atoms. The van der Waals surface area contributed by atoms with Gasteiger partial charge < -0.3 is 15.5 Å². The predicted octanol–water partition coefficient (Wildman–Crippen LogP) is 2.21. The van der Waals surface area contributed by atoms with Crippen LogP contribution in [0.3, 0.4) is 0 Å². The van der Waals surface area contributed by atoms with E-state index in [1.807, 2.05) is 5.32 Å². The smallest absolute Gasteiger partial charge is 0.339 e. The number of benzene rings is 1. The van der Waals surface area contributed by atoms with Gasteiger partial charge in [0.15, 0.2) is 17.5 Å². The topological polar surface area (TPSA) is 120 Å². The zero-order chi connectivity index (χ0) is 25.2. The molecule has 1 saturated heterocycles. The lowest BCUT2D eigenvalue weighted by Crippen LogP contribution is -2.47. The average molecular weight is 492 g/mol. The van der Waals surface area contributed by atoms with Crippen LogP contribution in [0, 0.1) is 23.4 Å². The van der Waals surface area contributed by atoms with Gasteiger partial charge in [-0.05, 0) is 13.3 Å². The van der Waals surface area contributed by atoms with Crippen molar-refractivity contribution in [1.82, 2.24) is 25.6 Å². The van der Waals surface area contributed by atoms with Crippen LogP contribution in [0.1, 0.15) is 31.5 Å². The second-order valence-corrected chi connectivity index (χ2v) is 7.62. The molecule has 0 spiro atoms. The van der Waals surface area contributed by atoms with Crippen molar-refractivity contribution in [1.29, 1.82) is 0 Å². The van der Waals surface area contributed by atoms with Crippen molar-refractivity contribution in [3.05, 3.63) is 41.5 Å². The van der Waals surface area contributed by atoms with Gasteiger partial charge in [0.25, 0.3) is 0 Å². The molecule has 15 heteroatoms. The molecule has 184 valence electrons. The Bertz CT molecular complexity index is 1050. The van der Waals surface area contributed by atoms with E-state index in [-0.39, 0.29) is 24.3 Å². The number of halogens is 6. The number of carbonyl (C=O) groups is 3. The van der Waals surface area contributed by atoms with Crippen LogP contribution in [0.5, 0.6) is 0 Å². The number of hydrogen-bond donors (Lipinski definition) is 3. The normalized spacial score (nSPS) is 19.1. The van der Waals surface area contributed by atoms with Gasteiger partial charge in [-0.3, -0.25) is 14.4 Å². The van der Waals surface area contributed by atoms with E-state index in [2.05, 4.69) is 20.7 Å². The Labute approximate surface area is 187 Å². The van der Waals surface area contributed by atoms with Crippen molar-refractivity contribution < 1.29 is 40.7 Å². The molecule has 1 aliphatic heterocycles. The third kappa shape index (κ3) is 5.63. The fourth-order valence-corrected chi connectivity index (χ4v) is 3.63. The highest BCUT2D eigenvalue weighted by atomic mass is 19.4. The lowest BCUT2D eigenvalue weighted by molar-refractivity contribution is -0.151. The second-order valence-electron chi connectivity index (χ2n) is 7.62. The summed E-state index contributed by atoms with van der Waals surface area (Å²) in [4.78, 5) is 38.5. The van der Waals surface area contributed by atoms with Crippen LogP contribution in [-0.2, 0) is 14.4 Å². The molecule has 1 fully saturated rings. The van der Waals surface area contributed by atoms with E-state index < -0.39 is 65.8 Å². The number of carbonyl (C=O) groups excluding carboxylic acids is 3. The number of hydrogen-bond acceptors (Lipinski definition) is 5. The summed E-state index contributed by atoms with van der Waals surface area (Å²) in [5, 5.41) is 13.2. The van der Waals surface area contributed by atoms with Crippen LogP contribution in [0.15, 0.2) is 18.3 Å². The van der Waals surface area contributed by atoms with E-state index in [1.54, 1.807) is 0 Å². The number of anilines is 1. The van der Waals surface area contributed by atoms with E-state index in [0.29, 0.717) is 12.1 Å². The first-order valence-corrected chi connectivity index (χ1v) is 9.86. The monoisotopic (exact) mass is 492 g/mol. The molecule has 3 atom stereocenters. The van der Waals surface area contributed by atoms with Gasteiger partial charge >= 0.3 is 18.0 Å². The number of nitrogens with one attached hydrogen (secondary N) is 3. The maximum atomic E-state index is 13.4. The lowest BCUT2D eigenvalue weighted by atomic mass is 10.0.